The summed E-state index contributed by atoms with van der Waals surface area (Å²) in [6.07, 6.45) is 6.69. The number of hydrogen-bond donors (Lipinski definition) is 0. The SMILES string of the molecule is C=NC1=C(C)CC(CC)C=C1. The van der Waals surface area contributed by atoms with E-state index in [1.54, 1.807) is 0 Å². The van der Waals surface area contributed by atoms with Gasteiger partial charge in [0.1, 0.15) is 0 Å². The quantitative estimate of drug-likeness (QED) is 0.535. The molecule has 0 N–H and O–H groups in total. The Kier molecular flexibility index (Phi) is 2.64. The van der Waals surface area contributed by atoms with Gasteiger partial charge in [0.2, 0.25) is 0 Å². The first-order valence-corrected chi connectivity index (χ1v) is 4.12. The van der Waals surface area contributed by atoms with E-state index in [9.17, 15) is 0 Å². The van der Waals surface area contributed by atoms with Crippen LogP contribution in [0.25, 0.3) is 0 Å². The van der Waals surface area contributed by atoms with E-state index in [4.69, 9.17) is 0 Å². The van der Waals surface area contributed by atoms with E-state index in [0.717, 1.165) is 18.0 Å². The van der Waals surface area contributed by atoms with Crippen molar-refractivity contribution in [1.82, 2.24) is 0 Å². The largest absolute Gasteiger partial charge is 0.265 e. The lowest BCUT2D eigenvalue weighted by Crippen LogP contribution is -2.01. The topological polar surface area (TPSA) is 12.4 Å². The smallest absolute Gasteiger partial charge is 0.0608 e. The van der Waals surface area contributed by atoms with Crippen molar-refractivity contribution in [3.8, 4) is 0 Å². The molecule has 1 heteroatoms. The summed E-state index contributed by atoms with van der Waals surface area (Å²) in [6, 6.07) is 0. The summed E-state index contributed by atoms with van der Waals surface area (Å²) in [6.45, 7) is 7.88. The Hall–Kier alpha value is -0.850. The fourth-order valence-electron chi connectivity index (χ4n) is 1.40. The zero-order valence-corrected chi connectivity index (χ0v) is 7.30. The van der Waals surface area contributed by atoms with Crippen LogP contribution in [-0.4, -0.2) is 6.72 Å². The minimum Gasteiger partial charge on any atom is -0.265 e. The summed E-state index contributed by atoms with van der Waals surface area (Å²) in [5, 5.41) is 0. The molecule has 0 fully saturated rings. The average Bonchev–Trinajstić information content (AvgIpc) is 2.04. The molecule has 0 heterocycles. The summed E-state index contributed by atoms with van der Waals surface area (Å²) < 4.78 is 0. The van der Waals surface area contributed by atoms with Gasteiger partial charge in [0, 0.05) is 0 Å². The molecule has 0 saturated heterocycles. The van der Waals surface area contributed by atoms with Gasteiger partial charge in [-0.1, -0.05) is 13.0 Å². The molecule has 0 aromatic rings. The average molecular weight is 149 g/mol. The third kappa shape index (κ3) is 1.79. The number of nitrogens with zero attached hydrogens (tertiary/aromatic N) is 1. The summed E-state index contributed by atoms with van der Waals surface area (Å²) >= 11 is 0. The van der Waals surface area contributed by atoms with E-state index < -0.39 is 0 Å². The molecule has 0 aliphatic heterocycles. The van der Waals surface area contributed by atoms with Crippen molar-refractivity contribution in [1.29, 1.82) is 0 Å². The van der Waals surface area contributed by atoms with E-state index in [1.807, 2.05) is 0 Å². The Bertz CT molecular complexity index is 211. The molecular weight excluding hydrogens is 134 g/mol. The van der Waals surface area contributed by atoms with Gasteiger partial charge in [-0.25, -0.2) is 0 Å². The maximum absolute atomic E-state index is 3.94. The molecule has 1 unspecified atom stereocenters. The van der Waals surface area contributed by atoms with Gasteiger partial charge >= 0.3 is 0 Å². The van der Waals surface area contributed by atoms with Crippen LogP contribution in [-0.2, 0) is 0 Å². The van der Waals surface area contributed by atoms with Crippen molar-refractivity contribution in [3.05, 3.63) is 23.4 Å². The predicted octanol–water partition coefficient (Wildman–Crippen LogP) is 2.95. The Labute approximate surface area is 68.5 Å². The fraction of sp³-hybridized carbons (Fsp3) is 0.500. The van der Waals surface area contributed by atoms with Crippen molar-refractivity contribution < 1.29 is 0 Å². The van der Waals surface area contributed by atoms with E-state index >= 15 is 0 Å². The zero-order valence-electron chi connectivity index (χ0n) is 7.30. The van der Waals surface area contributed by atoms with Crippen LogP contribution < -0.4 is 0 Å². The van der Waals surface area contributed by atoms with Gasteiger partial charge in [-0.15, -0.1) is 0 Å². The van der Waals surface area contributed by atoms with Gasteiger partial charge in [0.05, 0.1) is 5.70 Å². The highest BCUT2D eigenvalue weighted by Gasteiger charge is 2.10. The van der Waals surface area contributed by atoms with Gasteiger partial charge in [0.25, 0.3) is 0 Å². The first kappa shape index (κ1) is 8.25. The van der Waals surface area contributed by atoms with E-state index in [-0.39, 0.29) is 0 Å². The molecule has 0 spiro atoms. The Morgan fingerprint density at radius 2 is 2.45 bits per heavy atom. The lowest BCUT2D eigenvalue weighted by atomic mass is 9.92. The van der Waals surface area contributed by atoms with Crippen LogP contribution in [0, 0.1) is 5.92 Å². The molecule has 1 atom stereocenters. The van der Waals surface area contributed by atoms with Crippen LogP contribution in [0.5, 0.6) is 0 Å². The van der Waals surface area contributed by atoms with Gasteiger partial charge in [-0.05, 0) is 44.0 Å². The Morgan fingerprint density at radius 3 is 2.91 bits per heavy atom. The van der Waals surface area contributed by atoms with Crippen LogP contribution in [0.3, 0.4) is 0 Å². The Morgan fingerprint density at radius 1 is 1.73 bits per heavy atom. The van der Waals surface area contributed by atoms with E-state index in [1.165, 1.54) is 12.0 Å². The van der Waals surface area contributed by atoms with Crippen LogP contribution in [0.2, 0.25) is 0 Å². The lowest BCUT2D eigenvalue weighted by Gasteiger charge is -2.16. The lowest BCUT2D eigenvalue weighted by molar-refractivity contribution is 0.609. The third-order valence-corrected chi connectivity index (χ3v) is 2.23. The summed E-state index contributed by atoms with van der Waals surface area (Å²) in [4.78, 5) is 3.94. The van der Waals surface area contributed by atoms with Gasteiger partial charge in [-0.3, -0.25) is 4.99 Å². The van der Waals surface area contributed by atoms with Crippen LogP contribution in [0.4, 0.5) is 0 Å². The number of hydrogen-bond acceptors (Lipinski definition) is 1. The molecule has 0 amide bonds. The molecule has 0 saturated carbocycles. The van der Waals surface area contributed by atoms with E-state index in [0.29, 0.717) is 0 Å². The maximum Gasteiger partial charge on any atom is 0.0608 e. The molecule has 60 valence electrons. The van der Waals surface area contributed by atoms with Crippen molar-refractivity contribution in [2.45, 2.75) is 26.7 Å². The highest BCUT2D eigenvalue weighted by molar-refractivity contribution is 5.37. The first-order valence-electron chi connectivity index (χ1n) is 4.12. The van der Waals surface area contributed by atoms with Crippen molar-refractivity contribution in [2.24, 2.45) is 10.9 Å². The predicted molar refractivity (Wildman–Crippen MR) is 49.8 cm³/mol. The van der Waals surface area contributed by atoms with E-state index in [2.05, 4.69) is 37.7 Å². The summed E-state index contributed by atoms with van der Waals surface area (Å²) in [5.41, 5.74) is 2.43. The minimum atomic E-state index is 0.723. The Balaban J connectivity index is 2.73. The van der Waals surface area contributed by atoms with Gasteiger partial charge in [-0.2, -0.15) is 0 Å². The van der Waals surface area contributed by atoms with Crippen LogP contribution in [0.1, 0.15) is 26.7 Å². The van der Waals surface area contributed by atoms with Crippen molar-refractivity contribution in [2.75, 3.05) is 0 Å². The molecule has 1 aliphatic rings. The monoisotopic (exact) mass is 149 g/mol. The second-order valence-electron chi connectivity index (χ2n) is 3.06. The van der Waals surface area contributed by atoms with Gasteiger partial charge < -0.3 is 0 Å². The molecule has 0 bridgehead atoms. The number of aliphatic imine (C=N–C) groups is 1. The highest BCUT2D eigenvalue weighted by Crippen LogP contribution is 2.25. The summed E-state index contributed by atoms with van der Waals surface area (Å²) in [5.74, 6) is 0.723. The molecule has 0 radical (unpaired) electrons. The van der Waals surface area contributed by atoms with Crippen LogP contribution >= 0.6 is 0 Å². The standard InChI is InChI=1S/C10H15N/c1-4-9-5-6-10(11-3)8(2)7-9/h5-6,9H,3-4,7H2,1-2H3. The molecule has 0 aromatic heterocycles. The molecule has 0 aromatic carbocycles. The second kappa shape index (κ2) is 3.51. The highest BCUT2D eigenvalue weighted by atomic mass is 14.7. The number of allylic oxidation sites excluding steroid dienone is 3. The molecule has 1 rings (SSSR count). The first-order chi connectivity index (χ1) is 5.27. The second-order valence-corrected chi connectivity index (χ2v) is 3.06. The van der Waals surface area contributed by atoms with Crippen LogP contribution in [0.15, 0.2) is 28.4 Å². The summed E-state index contributed by atoms with van der Waals surface area (Å²) in [7, 11) is 0. The maximum atomic E-state index is 3.94. The molecular formula is C10H15N. The fourth-order valence-corrected chi connectivity index (χ4v) is 1.40. The molecule has 1 aliphatic carbocycles. The normalized spacial score (nSPS) is 24.0. The molecule has 11 heavy (non-hydrogen) atoms. The van der Waals surface area contributed by atoms with Crippen molar-refractivity contribution >= 4 is 6.72 Å². The molecule has 1 nitrogen and oxygen atoms in total. The zero-order chi connectivity index (χ0) is 8.27. The third-order valence-electron chi connectivity index (χ3n) is 2.23. The number of rotatable bonds is 2. The van der Waals surface area contributed by atoms with Gasteiger partial charge in [0.15, 0.2) is 0 Å². The minimum absolute atomic E-state index is 0.723. The van der Waals surface area contributed by atoms with Crippen molar-refractivity contribution in [3.63, 3.8) is 0 Å².